The highest BCUT2D eigenvalue weighted by atomic mass is 16.5. The van der Waals surface area contributed by atoms with Gasteiger partial charge in [-0.2, -0.15) is 0 Å². The Morgan fingerprint density at radius 1 is 0.769 bits per heavy atom. The lowest BCUT2D eigenvalue weighted by molar-refractivity contribution is -0.153. The number of rotatable bonds is 15. The third kappa shape index (κ3) is 15.2. The number of ether oxygens (including phenoxy) is 2. The molecule has 0 radical (unpaired) electrons. The van der Waals surface area contributed by atoms with Gasteiger partial charge < -0.3 is 9.47 Å². The highest BCUT2D eigenvalue weighted by molar-refractivity contribution is 5.70. The van der Waals surface area contributed by atoms with Crippen LogP contribution in [0.15, 0.2) is 0 Å². The monoisotopic (exact) mass is 370 g/mol. The van der Waals surface area contributed by atoms with Gasteiger partial charge in [0.15, 0.2) is 0 Å². The van der Waals surface area contributed by atoms with Crippen LogP contribution in [-0.2, 0) is 19.1 Å². The number of esters is 2. The molecule has 0 spiro atoms. The molecule has 154 valence electrons. The SMILES string of the molecule is CCCCCCCCCCOC(=O)CCCCC(=O)OC(C)C(C)(C)C. The van der Waals surface area contributed by atoms with Gasteiger partial charge >= 0.3 is 11.9 Å². The van der Waals surface area contributed by atoms with Gasteiger partial charge in [0, 0.05) is 12.8 Å². The molecule has 0 aromatic heterocycles. The van der Waals surface area contributed by atoms with Gasteiger partial charge in [-0.1, -0.05) is 72.6 Å². The van der Waals surface area contributed by atoms with Gasteiger partial charge in [-0.3, -0.25) is 9.59 Å². The van der Waals surface area contributed by atoms with Crippen LogP contribution in [0.3, 0.4) is 0 Å². The minimum atomic E-state index is -0.181. The maximum absolute atomic E-state index is 11.8. The third-order valence-electron chi connectivity index (χ3n) is 4.80. The second-order valence-electron chi connectivity index (χ2n) is 8.40. The minimum absolute atomic E-state index is 0.0467. The standard InChI is InChI=1S/C22H42O4/c1-6-7-8-9-10-11-12-15-18-25-20(23)16-13-14-17-21(24)26-19(2)22(3,4)5/h19H,6-18H2,1-5H3. The van der Waals surface area contributed by atoms with E-state index in [1.54, 1.807) is 0 Å². The van der Waals surface area contributed by atoms with Crippen molar-refractivity contribution in [1.82, 2.24) is 0 Å². The number of hydrogen-bond acceptors (Lipinski definition) is 4. The topological polar surface area (TPSA) is 52.6 Å². The van der Waals surface area contributed by atoms with Crippen molar-refractivity contribution in [3.8, 4) is 0 Å². The molecule has 26 heavy (non-hydrogen) atoms. The van der Waals surface area contributed by atoms with E-state index in [9.17, 15) is 9.59 Å². The molecular weight excluding hydrogens is 328 g/mol. The van der Waals surface area contributed by atoms with E-state index in [2.05, 4.69) is 6.92 Å². The summed E-state index contributed by atoms with van der Waals surface area (Å²) in [5.74, 6) is -0.330. The summed E-state index contributed by atoms with van der Waals surface area (Å²) in [6, 6.07) is 0. The van der Waals surface area contributed by atoms with Crippen LogP contribution in [0.25, 0.3) is 0 Å². The number of hydrogen-bond donors (Lipinski definition) is 0. The largest absolute Gasteiger partial charge is 0.466 e. The summed E-state index contributed by atoms with van der Waals surface area (Å²) in [5, 5.41) is 0. The Bertz CT molecular complexity index is 371. The maximum atomic E-state index is 11.8. The van der Waals surface area contributed by atoms with E-state index in [0.717, 1.165) is 12.8 Å². The van der Waals surface area contributed by atoms with Crippen molar-refractivity contribution in [1.29, 1.82) is 0 Å². The molecule has 0 saturated heterocycles. The van der Waals surface area contributed by atoms with Crippen LogP contribution in [0.4, 0.5) is 0 Å². The van der Waals surface area contributed by atoms with Crippen molar-refractivity contribution in [2.75, 3.05) is 6.61 Å². The molecule has 0 fully saturated rings. The molecular formula is C22H42O4. The van der Waals surface area contributed by atoms with Gasteiger partial charge in [-0.25, -0.2) is 0 Å². The normalized spacial score (nSPS) is 12.7. The molecule has 0 amide bonds. The van der Waals surface area contributed by atoms with E-state index >= 15 is 0 Å². The Morgan fingerprint density at radius 2 is 1.27 bits per heavy atom. The van der Waals surface area contributed by atoms with Crippen molar-refractivity contribution in [3.63, 3.8) is 0 Å². The summed E-state index contributed by atoms with van der Waals surface area (Å²) in [7, 11) is 0. The molecule has 0 aromatic carbocycles. The average Bonchev–Trinajstić information content (AvgIpc) is 2.56. The minimum Gasteiger partial charge on any atom is -0.466 e. The predicted octanol–water partition coefficient (Wildman–Crippen LogP) is 6.21. The zero-order valence-electron chi connectivity index (χ0n) is 17.9. The quantitative estimate of drug-likeness (QED) is 0.254. The molecule has 0 aliphatic heterocycles. The summed E-state index contributed by atoms with van der Waals surface area (Å²) in [5.41, 5.74) is -0.0467. The number of carbonyl (C=O) groups excluding carboxylic acids is 2. The first-order valence-corrected chi connectivity index (χ1v) is 10.6. The maximum Gasteiger partial charge on any atom is 0.306 e. The van der Waals surface area contributed by atoms with Gasteiger partial charge in [0.25, 0.3) is 0 Å². The molecule has 4 nitrogen and oxygen atoms in total. The van der Waals surface area contributed by atoms with Crippen LogP contribution in [0.2, 0.25) is 0 Å². The van der Waals surface area contributed by atoms with Gasteiger partial charge in [0.2, 0.25) is 0 Å². The Labute approximate surface area is 161 Å². The molecule has 1 unspecified atom stereocenters. The summed E-state index contributed by atoms with van der Waals surface area (Å²) in [4.78, 5) is 23.4. The second kappa shape index (κ2) is 15.0. The predicted molar refractivity (Wildman–Crippen MR) is 107 cm³/mol. The fourth-order valence-corrected chi connectivity index (χ4v) is 2.47. The zero-order valence-corrected chi connectivity index (χ0v) is 17.9. The molecule has 0 rings (SSSR count). The van der Waals surface area contributed by atoms with E-state index in [4.69, 9.17) is 9.47 Å². The highest BCUT2D eigenvalue weighted by Crippen LogP contribution is 2.22. The van der Waals surface area contributed by atoms with Crippen molar-refractivity contribution in [2.45, 2.75) is 118 Å². The van der Waals surface area contributed by atoms with Crippen LogP contribution < -0.4 is 0 Å². The molecule has 0 aliphatic carbocycles. The molecule has 0 aliphatic rings. The number of carbonyl (C=O) groups is 2. The van der Waals surface area contributed by atoms with E-state index in [1.807, 2.05) is 27.7 Å². The van der Waals surface area contributed by atoms with E-state index < -0.39 is 0 Å². The van der Waals surface area contributed by atoms with Gasteiger partial charge in [0.05, 0.1) is 6.61 Å². The van der Waals surface area contributed by atoms with Crippen LogP contribution in [0, 0.1) is 5.41 Å². The fraction of sp³-hybridized carbons (Fsp3) is 0.909. The first-order chi connectivity index (χ1) is 12.3. The zero-order chi connectivity index (χ0) is 19.8. The number of unbranched alkanes of at least 4 members (excludes halogenated alkanes) is 8. The molecule has 0 saturated carbocycles. The average molecular weight is 371 g/mol. The van der Waals surface area contributed by atoms with Crippen molar-refractivity contribution in [3.05, 3.63) is 0 Å². The third-order valence-corrected chi connectivity index (χ3v) is 4.80. The Balaban J connectivity index is 3.48. The molecule has 0 aromatic rings. The van der Waals surface area contributed by atoms with Gasteiger partial charge in [0.1, 0.15) is 6.10 Å². The van der Waals surface area contributed by atoms with Crippen LogP contribution >= 0.6 is 0 Å². The molecule has 0 N–H and O–H groups in total. The van der Waals surface area contributed by atoms with E-state index in [1.165, 1.54) is 38.5 Å². The first-order valence-electron chi connectivity index (χ1n) is 10.6. The lowest BCUT2D eigenvalue weighted by Crippen LogP contribution is -2.28. The van der Waals surface area contributed by atoms with Crippen molar-refractivity contribution >= 4 is 11.9 Å². The van der Waals surface area contributed by atoms with Crippen LogP contribution in [0.1, 0.15) is 112 Å². The molecule has 0 bridgehead atoms. The van der Waals surface area contributed by atoms with Crippen molar-refractivity contribution in [2.24, 2.45) is 5.41 Å². The second-order valence-corrected chi connectivity index (χ2v) is 8.40. The first kappa shape index (κ1) is 24.9. The van der Waals surface area contributed by atoms with E-state index in [0.29, 0.717) is 32.3 Å². The Kier molecular flexibility index (Phi) is 14.4. The van der Waals surface area contributed by atoms with Crippen LogP contribution in [-0.4, -0.2) is 24.6 Å². The molecule has 1 atom stereocenters. The lowest BCUT2D eigenvalue weighted by atomic mass is 9.90. The summed E-state index contributed by atoms with van der Waals surface area (Å²) < 4.78 is 10.6. The summed E-state index contributed by atoms with van der Waals surface area (Å²) in [6.07, 6.45) is 11.9. The molecule has 0 heterocycles. The van der Waals surface area contributed by atoms with Gasteiger partial charge in [-0.15, -0.1) is 0 Å². The highest BCUT2D eigenvalue weighted by Gasteiger charge is 2.23. The molecule has 4 heteroatoms. The van der Waals surface area contributed by atoms with Gasteiger partial charge in [-0.05, 0) is 31.6 Å². The van der Waals surface area contributed by atoms with Crippen molar-refractivity contribution < 1.29 is 19.1 Å². The summed E-state index contributed by atoms with van der Waals surface area (Å²) >= 11 is 0. The fourth-order valence-electron chi connectivity index (χ4n) is 2.47. The Morgan fingerprint density at radius 3 is 1.81 bits per heavy atom. The lowest BCUT2D eigenvalue weighted by Gasteiger charge is -2.26. The Hall–Kier alpha value is -1.06. The van der Waals surface area contributed by atoms with Crippen LogP contribution in [0.5, 0.6) is 0 Å². The summed E-state index contributed by atoms with van der Waals surface area (Å²) in [6.45, 7) is 10.8. The smallest absolute Gasteiger partial charge is 0.306 e. The van der Waals surface area contributed by atoms with E-state index in [-0.39, 0.29) is 23.5 Å².